The maximum atomic E-state index is 12.5. The summed E-state index contributed by atoms with van der Waals surface area (Å²) in [6.07, 6.45) is 1.22. The summed E-state index contributed by atoms with van der Waals surface area (Å²) in [5.74, 6) is -1.66. The monoisotopic (exact) mass is 417 g/mol. The van der Waals surface area contributed by atoms with Crippen molar-refractivity contribution in [2.24, 2.45) is 0 Å². The van der Waals surface area contributed by atoms with E-state index in [-0.39, 0.29) is 17.9 Å². The van der Waals surface area contributed by atoms with Gasteiger partial charge in [0.1, 0.15) is 6.04 Å². The SMILES string of the molecule is C=CCNC(CC(=O)Nc1ccc(S(=O)(=O)Nc2ccc(C)cc2)cc1)C(=O)O. The molecule has 4 N–H and O–H groups in total. The van der Waals surface area contributed by atoms with E-state index in [9.17, 15) is 18.0 Å². The number of sulfonamides is 1. The molecule has 0 saturated carbocycles. The highest BCUT2D eigenvalue weighted by molar-refractivity contribution is 7.92. The van der Waals surface area contributed by atoms with Crippen molar-refractivity contribution >= 4 is 33.3 Å². The third kappa shape index (κ3) is 6.74. The molecular weight excluding hydrogens is 394 g/mol. The van der Waals surface area contributed by atoms with Crippen molar-refractivity contribution in [2.45, 2.75) is 24.3 Å². The molecule has 0 radical (unpaired) electrons. The first kappa shape index (κ1) is 22.1. The molecular formula is C20H23N3O5S. The van der Waals surface area contributed by atoms with Gasteiger partial charge >= 0.3 is 5.97 Å². The Bertz CT molecular complexity index is 970. The zero-order valence-electron chi connectivity index (χ0n) is 15.9. The second-order valence-electron chi connectivity index (χ2n) is 6.34. The minimum absolute atomic E-state index is 0.0344. The van der Waals surface area contributed by atoms with Crippen molar-refractivity contribution in [3.8, 4) is 0 Å². The van der Waals surface area contributed by atoms with E-state index < -0.39 is 27.9 Å². The number of hydrogen-bond donors (Lipinski definition) is 4. The van der Waals surface area contributed by atoms with Crippen LogP contribution < -0.4 is 15.4 Å². The van der Waals surface area contributed by atoms with Gasteiger partial charge in [-0.05, 0) is 43.3 Å². The van der Waals surface area contributed by atoms with Gasteiger partial charge in [-0.2, -0.15) is 0 Å². The highest BCUT2D eigenvalue weighted by Crippen LogP contribution is 2.19. The lowest BCUT2D eigenvalue weighted by atomic mass is 10.2. The summed E-state index contributed by atoms with van der Waals surface area (Å²) in [6.45, 7) is 5.64. The Hall–Kier alpha value is -3.17. The van der Waals surface area contributed by atoms with Crippen LogP contribution >= 0.6 is 0 Å². The third-order valence-electron chi connectivity index (χ3n) is 3.95. The molecule has 1 unspecified atom stereocenters. The van der Waals surface area contributed by atoms with Gasteiger partial charge < -0.3 is 15.7 Å². The van der Waals surface area contributed by atoms with E-state index in [1.54, 1.807) is 24.3 Å². The lowest BCUT2D eigenvalue weighted by Crippen LogP contribution is -2.39. The number of hydrogen-bond acceptors (Lipinski definition) is 5. The number of aryl methyl sites for hydroxylation is 1. The molecule has 1 amide bonds. The largest absolute Gasteiger partial charge is 0.480 e. The molecule has 0 bridgehead atoms. The van der Waals surface area contributed by atoms with Crippen LogP contribution in [0.4, 0.5) is 11.4 Å². The Kier molecular flexibility index (Phi) is 7.52. The van der Waals surface area contributed by atoms with E-state index in [0.717, 1.165) is 5.56 Å². The van der Waals surface area contributed by atoms with E-state index in [1.165, 1.54) is 30.3 Å². The lowest BCUT2D eigenvalue weighted by Gasteiger charge is -2.13. The average Bonchev–Trinajstić information content (AvgIpc) is 2.67. The Morgan fingerprint density at radius 3 is 2.21 bits per heavy atom. The van der Waals surface area contributed by atoms with Crippen molar-refractivity contribution in [1.82, 2.24) is 5.32 Å². The van der Waals surface area contributed by atoms with Gasteiger partial charge in [-0.1, -0.05) is 23.8 Å². The van der Waals surface area contributed by atoms with Gasteiger partial charge in [0.05, 0.1) is 11.3 Å². The number of aliphatic carboxylic acids is 1. The highest BCUT2D eigenvalue weighted by atomic mass is 32.2. The quantitative estimate of drug-likeness (QED) is 0.440. The van der Waals surface area contributed by atoms with Crippen LogP contribution in [0.25, 0.3) is 0 Å². The van der Waals surface area contributed by atoms with E-state index in [2.05, 4.69) is 21.9 Å². The molecule has 0 saturated heterocycles. The number of anilines is 2. The molecule has 29 heavy (non-hydrogen) atoms. The zero-order chi connectivity index (χ0) is 21.4. The van der Waals surface area contributed by atoms with E-state index in [0.29, 0.717) is 11.4 Å². The van der Waals surface area contributed by atoms with Crippen LogP contribution in [-0.2, 0) is 19.6 Å². The number of rotatable bonds is 10. The molecule has 2 rings (SSSR count). The number of carbonyl (C=O) groups is 2. The van der Waals surface area contributed by atoms with Crippen molar-refractivity contribution < 1.29 is 23.1 Å². The van der Waals surface area contributed by atoms with Crippen LogP contribution in [0.3, 0.4) is 0 Å². The molecule has 0 aliphatic carbocycles. The van der Waals surface area contributed by atoms with Crippen LogP contribution in [-0.4, -0.2) is 38.0 Å². The molecule has 0 fully saturated rings. The predicted octanol–water partition coefficient (Wildman–Crippen LogP) is 2.35. The number of carboxylic acids is 1. The average molecular weight is 417 g/mol. The number of benzene rings is 2. The van der Waals surface area contributed by atoms with Gasteiger partial charge in [0, 0.05) is 17.9 Å². The van der Waals surface area contributed by atoms with Gasteiger partial charge in [0.15, 0.2) is 0 Å². The standard InChI is InChI=1S/C20H23N3O5S/c1-3-12-21-18(20(25)26)13-19(24)22-15-8-10-17(11-9-15)29(27,28)23-16-6-4-14(2)5-7-16/h3-11,18,21,23H,1,12-13H2,2H3,(H,22,24)(H,25,26). The lowest BCUT2D eigenvalue weighted by molar-refractivity contribution is -0.140. The number of carbonyl (C=O) groups excluding carboxylic acids is 1. The first-order valence-corrected chi connectivity index (χ1v) is 10.3. The number of carboxylic acid groups (broad SMARTS) is 1. The molecule has 8 nitrogen and oxygen atoms in total. The summed E-state index contributed by atoms with van der Waals surface area (Å²) in [5, 5.41) is 14.4. The van der Waals surface area contributed by atoms with Crippen LogP contribution in [0.2, 0.25) is 0 Å². The second kappa shape index (κ2) is 9.85. The summed E-state index contributed by atoms with van der Waals surface area (Å²) >= 11 is 0. The van der Waals surface area contributed by atoms with Crippen molar-refractivity contribution in [1.29, 1.82) is 0 Å². The maximum Gasteiger partial charge on any atom is 0.321 e. The van der Waals surface area contributed by atoms with E-state index >= 15 is 0 Å². The zero-order valence-corrected chi connectivity index (χ0v) is 16.7. The molecule has 9 heteroatoms. The van der Waals surface area contributed by atoms with E-state index in [4.69, 9.17) is 5.11 Å². The van der Waals surface area contributed by atoms with Crippen LogP contribution in [0.15, 0.2) is 66.1 Å². The Morgan fingerprint density at radius 1 is 1.07 bits per heavy atom. The summed E-state index contributed by atoms with van der Waals surface area (Å²) in [6, 6.07) is 11.5. The van der Waals surface area contributed by atoms with Crippen molar-refractivity contribution in [3.05, 3.63) is 66.7 Å². The fraction of sp³-hybridized carbons (Fsp3) is 0.200. The minimum Gasteiger partial charge on any atom is -0.480 e. The van der Waals surface area contributed by atoms with Gasteiger partial charge in [-0.15, -0.1) is 6.58 Å². The molecule has 1 atom stereocenters. The number of amides is 1. The van der Waals surface area contributed by atoms with Crippen LogP contribution in [0.1, 0.15) is 12.0 Å². The third-order valence-corrected chi connectivity index (χ3v) is 5.35. The normalized spacial score (nSPS) is 12.0. The molecule has 0 aliphatic rings. The van der Waals surface area contributed by atoms with Crippen LogP contribution in [0.5, 0.6) is 0 Å². The first-order chi connectivity index (χ1) is 13.7. The predicted molar refractivity (Wildman–Crippen MR) is 111 cm³/mol. The molecule has 0 heterocycles. The molecule has 0 aromatic heterocycles. The summed E-state index contributed by atoms with van der Waals surface area (Å²) in [4.78, 5) is 23.3. The maximum absolute atomic E-state index is 12.5. The fourth-order valence-corrected chi connectivity index (χ4v) is 3.48. The smallest absolute Gasteiger partial charge is 0.321 e. The van der Waals surface area contributed by atoms with E-state index in [1.807, 2.05) is 6.92 Å². The summed E-state index contributed by atoms with van der Waals surface area (Å²) < 4.78 is 27.4. The molecule has 2 aromatic rings. The van der Waals surface area contributed by atoms with Gasteiger partial charge in [-0.3, -0.25) is 14.3 Å². The van der Waals surface area contributed by atoms with Gasteiger partial charge in [0.25, 0.3) is 10.0 Å². The Balaban J connectivity index is 2.01. The minimum atomic E-state index is -3.77. The Labute approximate surface area is 169 Å². The molecule has 0 spiro atoms. The Morgan fingerprint density at radius 2 is 1.66 bits per heavy atom. The van der Waals surface area contributed by atoms with Gasteiger partial charge in [-0.25, -0.2) is 8.42 Å². The molecule has 2 aromatic carbocycles. The second-order valence-corrected chi connectivity index (χ2v) is 8.02. The van der Waals surface area contributed by atoms with Crippen molar-refractivity contribution in [2.75, 3.05) is 16.6 Å². The van der Waals surface area contributed by atoms with Crippen molar-refractivity contribution in [3.63, 3.8) is 0 Å². The topological polar surface area (TPSA) is 125 Å². The fourth-order valence-electron chi connectivity index (χ4n) is 2.42. The molecule has 0 aliphatic heterocycles. The number of nitrogens with one attached hydrogen (secondary N) is 3. The van der Waals surface area contributed by atoms with Crippen LogP contribution in [0, 0.1) is 6.92 Å². The van der Waals surface area contributed by atoms with Gasteiger partial charge in [0.2, 0.25) is 5.91 Å². The highest BCUT2D eigenvalue weighted by Gasteiger charge is 2.20. The summed E-state index contributed by atoms with van der Waals surface area (Å²) in [7, 11) is -3.77. The molecule has 154 valence electrons. The first-order valence-electron chi connectivity index (χ1n) is 8.78. The summed E-state index contributed by atoms with van der Waals surface area (Å²) in [5.41, 5.74) is 1.81.